The first-order valence-corrected chi connectivity index (χ1v) is 8.39. The van der Waals surface area contributed by atoms with Gasteiger partial charge in [0.2, 0.25) is 0 Å². The lowest BCUT2D eigenvalue weighted by Crippen LogP contribution is -2.29. The van der Waals surface area contributed by atoms with Gasteiger partial charge < -0.3 is 15.0 Å². The van der Waals surface area contributed by atoms with Crippen LogP contribution in [0.15, 0.2) is 24.3 Å². The Morgan fingerprint density at radius 1 is 1.24 bits per heavy atom. The first-order valence-electron chi connectivity index (χ1n) is 8.39. The summed E-state index contributed by atoms with van der Waals surface area (Å²) < 4.78 is 5.24. The summed E-state index contributed by atoms with van der Waals surface area (Å²) >= 11 is 0. The van der Waals surface area contributed by atoms with Crippen molar-refractivity contribution in [1.29, 1.82) is 0 Å². The molecule has 0 aromatic heterocycles. The monoisotopic (exact) mass is 290 g/mol. The second-order valence-corrected chi connectivity index (χ2v) is 5.92. The molecule has 1 unspecified atom stereocenters. The Labute approximate surface area is 129 Å². The standard InChI is InChI=1S/C18H30N2O/c1-4-12-19-18(5-2)15-6-8-16(9-7-15)20(13-14-21-3)17-10-11-17/h6-9,17-19H,4-5,10-14H2,1-3H3. The molecule has 3 nitrogen and oxygen atoms in total. The van der Waals surface area contributed by atoms with Crippen molar-refractivity contribution < 1.29 is 4.74 Å². The normalized spacial score (nSPS) is 16.0. The van der Waals surface area contributed by atoms with E-state index in [1.54, 1.807) is 7.11 Å². The first-order chi connectivity index (χ1) is 10.3. The highest BCUT2D eigenvalue weighted by Crippen LogP contribution is 2.32. The Morgan fingerprint density at radius 2 is 1.95 bits per heavy atom. The van der Waals surface area contributed by atoms with Gasteiger partial charge in [-0.1, -0.05) is 26.0 Å². The first kappa shape index (κ1) is 16.3. The molecule has 0 aliphatic heterocycles. The molecule has 1 aromatic rings. The molecule has 0 radical (unpaired) electrons. The molecule has 1 aromatic carbocycles. The highest BCUT2D eigenvalue weighted by molar-refractivity contribution is 5.50. The van der Waals surface area contributed by atoms with E-state index in [0.29, 0.717) is 6.04 Å². The predicted molar refractivity (Wildman–Crippen MR) is 90.0 cm³/mol. The van der Waals surface area contributed by atoms with Gasteiger partial charge >= 0.3 is 0 Å². The van der Waals surface area contributed by atoms with Crippen LogP contribution in [0.5, 0.6) is 0 Å². The third kappa shape index (κ3) is 4.72. The third-order valence-corrected chi connectivity index (χ3v) is 4.20. The molecule has 1 aliphatic rings. The molecule has 1 aliphatic carbocycles. The number of hydrogen-bond donors (Lipinski definition) is 1. The van der Waals surface area contributed by atoms with Gasteiger partial charge in [-0.05, 0) is 49.9 Å². The maximum Gasteiger partial charge on any atom is 0.0637 e. The van der Waals surface area contributed by atoms with Crippen LogP contribution in [0, 0.1) is 0 Å². The van der Waals surface area contributed by atoms with Gasteiger partial charge in [-0.15, -0.1) is 0 Å². The molecule has 0 saturated heterocycles. The van der Waals surface area contributed by atoms with Crippen molar-refractivity contribution in [1.82, 2.24) is 5.32 Å². The summed E-state index contributed by atoms with van der Waals surface area (Å²) in [5.74, 6) is 0. The van der Waals surface area contributed by atoms with Crippen molar-refractivity contribution in [2.45, 2.75) is 51.6 Å². The van der Waals surface area contributed by atoms with Crippen LogP contribution in [0.3, 0.4) is 0 Å². The smallest absolute Gasteiger partial charge is 0.0637 e. The molecule has 0 amide bonds. The molecule has 3 heteroatoms. The van der Waals surface area contributed by atoms with Crippen molar-refractivity contribution in [2.24, 2.45) is 0 Å². The molecular formula is C18H30N2O. The van der Waals surface area contributed by atoms with Gasteiger partial charge in [0.1, 0.15) is 0 Å². The summed E-state index contributed by atoms with van der Waals surface area (Å²) in [6.07, 6.45) is 4.96. The second-order valence-electron chi connectivity index (χ2n) is 5.92. The molecule has 118 valence electrons. The number of benzene rings is 1. The maximum atomic E-state index is 5.24. The number of nitrogens with zero attached hydrogens (tertiary/aromatic N) is 1. The van der Waals surface area contributed by atoms with Crippen molar-refractivity contribution >= 4 is 5.69 Å². The van der Waals surface area contributed by atoms with Crippen LogP contribution >= 0.6 is 0 Å². The number of nitrogens with one attached hydrogen (secondary N) is 1. The Hall–Kier alpha value is -1.06. The molecule has 1 atom stereocenters. The van der Waals surface area contributed by atoms with Gasteiger partial charge in [-0.25, -0.2) is 0 Å². The Balaban J connectivity index is 2.02. The average Bonchev–Trinajstić information content (AvgIpc) is 3.34. The quantitative estimate of drug-likeness (QED) is 0.710. The Bertz CT molecular complexity index is 400. The summed E-state index contributed by atoms with van der Waals surface area (Å²) in [5, 5.41) is 3.62. The topological polar surface area (TPSA) is 24.5 Å². The fourth-order valence-corrected chi connectivity index (χ4v) is 2.81. The summed E-state index contributed by atoms with van der Waals surface area (Å²) in [4.78, 5) is 2.49. The van der Waals surface area contributed by atoms with E-state index in [2.05, 4.69) is 48.3 Å². The summed E-state index contributed by atoms with van der Waals surface area (Å²) in [5.41, 5.74) is 2.74. The van der Waals surface area contributed by atoms with Crippen molar-refractivity contribution in [3.05, 3.63) is 29.8 Å². The molecule has 0 spiro atoms. The predicted octanol–water partition coefficient (Wildman–Crippen LogP) is 3.75. The van der Waals surface area contributed by atoms with Crippen LogP contribution in [-0.4, -0.2) is 32.8 Å². The fraction of sp³-hybridized carbons (Fsp3) is 0.667. The molecule has 1 saturated carbocycles. The Kier molecular flexibility index (Phi) is 6.52. The largest absolute Gasteiger partial charge is 0.383 e. The second kappa shape index (κ2) is 8.40. The van der Waals surface area contributed by atoms with E-state index in [1.807, 2.05) is 0 Å². The number of anilines is 1. The molecule has 0 heterocycles. The minimum absolute atomic E-state index is 0.479. The van der Waals surface area contributed by atoms with Gasteiger partial charge in [-0.2, -0.15) is 0 Å². The molecule has 1 N–H and O–H groups in total. The zero-order valence-corrected chi connectivity index (χ0v) is 13.8. The SMILES string of the molecule is CCCNC(CC)c1ccc(N(CCOC)C2CC2)cc1. The van der Waals surface area contributed by atoms with E-state index in [-0.39, 0.29) is 0 Å². The molecule has 0 bridgehead atoms. The van der Waals surface area contributed by atoms with Gasteiger partial charge in [0, 0.05) is 31.4 Å². The molecule has 1 fully saturated rings. The molecule has 21 heavy (non-hydrogen) atoms. The number of methoxy groups -OCH3 is 1. The van der Waals surface area contributed by atoms with E-state index >= 15 is 0 Å². The van der Waals surface area contributed by atoms with Crippen LogP contribution in [0.25, 0.3) is 0 Å². The minimum atomic E-state index is 0.479. The number of rotatable bonds is 10. The van der Waals surface area contributed by atoms with Crippen molar-refractivity contribution in [3.8, 4) is 0 Å². The summed E-state index contributed by atoms with van der Waals surface area (Å²) in [6, 6.07) is 10.3. The lowest BCUT2D eigenvalue weighted by atomic mass is 10.0. The summed E-state index contributed by atoms with van der Waals surface area (Å²) in [6.45, 7) is 7.34. The zero-order chi connectivity index (χ0) is 15.1. The number of hydrogen-bond acceptors (Lipinski definition) is 3. The van der Waals surface area contributed by atoms with Crippen LogP contribution < -0.4 is 10.2 Å². The van der Waals surface area contributed by atoms with Gasteiger partial charge in [-0.3, -0.25) is 0 Å². The highest BCUT2D eigenvalue weighted by Gasteiger charge is 2.28. The third-order valence-electron chi connectivity index (χ3n) is 4.20. The van der Waals surface area contributed by atoms with E-state index < -0.39 is 0 Å². The van der Waals surface area contributed by atoms with E-state index in [9.17, 15) is 0 Å². The van der Waals surface area contributed by atoms with Gasteiger partial charge in [0.05, 0.1) is 6.61 Å². The lowest BCUT2D eigenvalue weighted by Gasteiger charge is -2.25. The zero-order valence-electron chi connectivity index (χ0n) is 13.8. The molecule has 2 rings (SSSR count). The highest BCUT2D eigenvalue weighted by atomic mass is 16.5. The minimum Gasteiger partial charge on any atom is -0.383 e. The van der Waals surface area contributed by atoms with E-state index in [0.717, 1.165) is 32.2 Å². The van der Waals surface area contributed by atoms with Crippen molar-refractivity contribution in [2.75, 3.05) is 31.7 Å². The Morgan fingerprint density at radius 3 is 2.48 bits per heavy atom. The lowest BCUT2D eigenvalue weighted by molar-refractivity contribution is 0.205. The van der Waals surface area contributed by atoms with Crippen LogP contribution in [0.2, 0.25) is 0 Å². The fourth-order valence-electron chi connectivity index (χ4n) is 2.81. The average molecular weight is 290 g/mol. The van der Waals surface area contributed by atoms with Gasteiger partial charge in [0.15, 0.2) is 0 Å². The van der Waals surface area contributed by atoms with Gasteiger partial charge in [0.25, 0.3) is 0 Å². The summed E-state index contributed by atoms with van der Waals surface area (Å²) in [7, 11) is 1.78. The number of ether oxygens (including phenoxy) is 1. The molecular weight excluding hydrogens is 260 g/mol. The van der Waals surface area contributed by atoms with Crippen LogP contribution in [0.4, 0.5) is 5.69 Å². The van der Waals surface area contributed by atoms with Crippen LogP contribution in [0.1, 0.15) is 51.1 Å². The van der Waals surface area contributed by atoms with E-state index in [4.69, 9.17) is 4.74 Å². The van der Waals surface area contributed by atoms with Crippen LogP contribution in [-0.2, 0) is 4.74 Å². The van der Waals surface area contributed by atoms with Crippen molar-refractivity contribution in [3.63, 3.8) is 0 Å². The van der Waals surface area contributed by atoms with E-state index in [1.165, 1.54) is 30.5 Å². The maximum absolute atomic E-state index is 5.24.